The lowest BCUT2D eigenvalue weighted by Crippen LogP contribution is -2.37. The van der Waals surface area contributed by atoms with E-state index in [4.69, 9.17) is 10.5 Å². The van der Waals surface area contributed by atoms with Gasteiger partial charge in [0.15, 0.2) is 0 Å². The molecule has 0 radical (unpaired) electrons. The molecular weight excluding hydrogens is 414 g/mol. The molecule has 172 valence electrons. The Labute approximate surface area is 195 Å². The molecule has 2 heterocycles. The number of nitrogens with one attached hydrogen (secondary N) is 2. The van der Waals surface area contributed by atoms with Gasteiger partial charge in [-0.05, 0) is 66.8 Å². The van der Waals surface area contributed by atoms with Gasteiger partial charge < -0.3 is 21.1 Å². The monoisotopic (exact) mass is 445 g/mol. The van der Waals surface area contributed by atoms with Crippen LogP contribution in [0.15, 0.2) is 67.6 Å². The summed E-state index contributed by atoms with van der Waals surface area (Å²) in [6.07, 6.45) is 6.47. The lowest BCUT2D eigenvalue weighted by molar-refractivity contribution is -0.124. The summed E-state index contributed by atoms with van der Waals surface area (Å²) in [4.78, 5) is 21.0. The maximum absolute atomic E-state index is 12.7. The molecular formula is C26H31N5O2. The molecule has 0 aliphatic heterocycles. The second kappa shape index (κ2) is 11.8. The molecule has 0 fully saturated rings. The zero-order valence-electron chi connectivity index (χ0n) is 19.2. The molecule has 33 heavy (non-hydrogen) atoms. The van der Waals surface area contributed by atoms with Crippen LogP contribution in [0.2, 0.25) is 0 Å². The van der Waals surface area contributed by atoms with Crippen LogP contribution in [-0.4, -0.2) is 36.0 Å². The highest BCUT2D eigenvalue weighted by Crippen LogP contribution is 2.34. The lowest BCUT2D eigenvalue weighted by atomic mass is 9.98. The third kappa shape index (κ3) is 6.63. The van der Waals surface area contributed by atoms with Crippen LogP contribution in [0.25, 0.3) is 5.57 Å². The third-order valence-corrected chi connectivity index (χ3v) is 5.30. The van der Waals surface area contributed by atoms with Gasteiger partial charge >= 0.3 is 0 Å². The van der Waals surface area contributed by atoms with Crippen molar-refractivity contribution in [3.63, 3.8) is 0 Å². The number of nitrogens with two attached hydrogens (primary N) is 1. The van der Waals surface area contributed by atoms with Crippen molar-refractivity contribution in [3.05, 3.63) is 84.3 Å². The number of carbonyl (C=O) groups excluding carboxylic acids is 1. The van der Waals surface area contributed by atoms with Crippen LogP contribution >= 0.6 is 0 Å². The molecule has 0 spiro atoms. The number of hydrogen-bond donors (Lipinski definition) is 3. The molecule has 1 atom stereocenters. The Morgan fingerprint density at radius 1 is 1.15 bits per heavy atom. The Balaban J connectivity index is 1.65. The van der Waals surface area contributed by atoms with Gasteiger partial charge in [-0.3, -0.25) is 9.78 Å². The van der Waals surface area contributed by atoms with Crippen LogP contribution in [0.4, 0.5) is 5.82 Å². The molecule has 1 aromatic carbocycles. The molecule has 1 amide bonds. The number of aromatic nitrogens is 2. The zero-order chi connectivity index (χ0) is 23.6. The fraction of sp³-hybridized carbons (Fsp3) is 0.269. The van der Waals surface area contributed by atoms with Crippen LogP contribution in [-0.2, 0) is 17.6 Å². The summed E-state index contributed by atoms with van der Waals surface area (Å²) in [5.41, 5.74) is 9.72. The van der Waals surface area contributed by atoms with Gasteiger partial charge in [0.25, 0.3) is 0 Å². The van der Waals surface area contributed by atoms with Gasteiger partial charge in [-0.1, -0.05) is 18.7 Å². The average Bonchev–Trinajstić information content (AvgIpc) is 2.83. The quantitative estimate of drug-likeness (QED) is 0.415. The average molecular weight is 446 g/mol. The van der Waals surface area contributed by atoms with Gasteiger partial charge in [0.1, 0.15) is 17.3 Å². The lowest BCUT2D eigenvalue weighted by Gasteiger charge is -2.17. The number of ether oxygens (including phenoxy) is 1. The number of rotatable bonds is 11. The number of carbonyl (C=O) groups is 1. The van der Waals surface area contributed by atoms with Crippen molar-refractivity contribution in [2.24, 2.45) is 11.7 Å². The first-order valence-corrected chi connectivity index (χ1v) is 11.0. The van der Waals surface area contributed by atoms with Crippen molar-refractivity contribution in [2.45, 2.75) is 19.8 Å². The molecule has 7 heteroatoms. The van der Waals surface area contributed by atoms with E-state index in [9.17, 15) is 4.79 Å². The Bertz CT molecular complexity index is 1090. The number of nitrogens with zero attached hydrogens (tertiary/aromatic N) is 2. The van der Waals surface area contributed by atoms with E-state index in [1.165, 1.54) is 0 Å². The molecule has 0 aliphatic rings. The smallest absolute Gasteiger partial charge is 0.224 e. The highest BCUT2D eigenvalue weighted by molar-refractivity contribution is 5.79. The number of hydrogen-bond acceptors (Lipinski definition) is 6. The van der Waals surface area contributed by atoms with E-state index in [0.29, 0.717) is 30.3 Å². The predicted molar refractivity (Wildman–Crippen MR) is 132 cm³/mol. The van der Waals surface area contributed by atoms with Crippen LogP contribution in [0.3, 0.4) is 0 Å². The molecule has 3 aromatic rings. The highest BCUT2D eigenvalue weighted by atomic mass is 16.5. The van der Waals surface area contributed by atoms with Gasteiger partial charge in [-0.2, -0.15) is 0 Å². The summed E-state index contributed by atoms with van der Waals surface area (Å²) in [5.74, 6) is 1.69. The van der Waals surface area contributed by atoms with Crippen LogP contribution in [0.1, 0.15) is 23.6 Å². The number of allylic oxidation sites excluding steroid dienone is 1. The number of anilines is 1. The van der Waals surface area contributed by atoms with E-state index in [1.807, 2.05) is 56.4 Å². The number of pyridine rings is 2. The molecule has 0 aliphatic carbocycles. The summed E-state index contributed by atoms with van der Waals surface area (Å²) >= 11 is 0. The first-order valence-electron chi connectivity index (χ1n) is 11.0. The predicted octanol–water partition coefficient (Wildman–Crippen LogP) is 3.82. The van der Waals surface area contributed by atoms with E-state index in [2.05, 4.69) is 27.2 Å². The third-order valence-electron chi connectivity index (χ3n) is 5.30. The van der Waals surface area contributed by atoms with Crippen molar-refractivity contribution in [2.75, 3.05) is 25.5 Å². The Hall–Kier alpha value is -3.71. The Morgan fingerprint density at radius 3 is 2.64 bits per heavy atom. The molecule has 1 unspecified atom stereocenters. The molecule has 0 saturated carbocycles. The summed E-state index contributed by atoms with van der Waals surface area (Å²) in [7, 11) is 1.81. The molecule has 0 saturated heterocycles. The maximum Gasteiger partial charge on any atom is 0.224 e. The SMILES string of the molecule is C=C(C)c1c(Oc2cccc(CC(CN)C(=O)NCCc3ccncc3)c2)ccnc1NC. The molecule has 7 nitrogen and oxygen atoms in total. The van der Waals surface area contributed by atoms with Crippen molar-refractivity contribution in [1.82, 2.24) is 15.3 Å². The van der Waals surface area contributed by atoms with Crippen molar-refractivity contribution >= 4 is 17.3 Å². The first kappa shape index (κ1) is 23.9. The molecule has 2 aromatic heterocycles. The van der Waals surface area contributed by atoms with Gasteiger partial charge in [-0.15, -0.1) is 0 Å². The van der Waals surface area contributed by atoms with Crippen molar-refractivity contribution < 1.29 is 9.53 Å². The van der Waals surface area contributed by atoms with E-state index in [0.717, 1.165) is 28.7 Å². The minimum absolute atomic E-state index is 0.0461. The van der Waals surface area contributed by atoms with E-state index >= 15 is 0 Å². The van der Waals surface area contributed by atoms with Gasteiger partial charge in [0.05, 0.1) is 11.5 Å². The van der Waals surface area contributed by atoms with E-state index in [-0.39, 0.29) is 18.4 Å². The summed E-state index contributed by atoms with van der Waals surface area (Å²) in [5, 5.41) is 6.07. The topological polar surface area (TPSA) is 102 Å². The zero-order valence-corrected chi connectivity index (χ0v) is 19.2. The van der Waals surface area contributed by atoms with Gasteiger partial charge in [0, 0.05) is 38.7 Å². The minimum atomic E-state index is -0.319. The van der Waals surface area contributed by atoms with Crippen LogP contribution in [0, 0.1) is 5.92 Å². The number of benzene rings is 1. The van der Waals surface area contributed by atoms with E-state index < -0.39 is 0 Å². The second-order valence-electron chi connectivity index (χ2n) is 7.85. The van der Waals surface area contributed by atoms with Crippen molar-refractivity contribution in [1.29, 1.82) is 0 Å². The summed E-state index contributed by atoms with van der Waals surface area (Å²) in [6, 6.07) is 13.4. The molecule has 0 bridgehead atoms. The first-order chi connectivity index (χ1) is 16.0. The standard InChI is InChI=1S/C26H31N5O2/c1-18(2)24-23(10-14-30-25(24)28-3)33-22-6-4-5-20(16-22)15-21(17-27)26(32)31-13-9-19-7-11-29-12-8-19/h4-8,10-12,14,16,21H,1,9,13,15,17,27H2,2-3H3,(H,28,30)(H,31,32). The molecule has 3 rings (SSSR count). The minimum Gasteiger partial charge on any atom is -0.457 e. The number of amides is 1. The molecule has 4 N–H and O–H groups in total. The van der Waals surface area contributed by atoms with E-state index in [1.54, 1.807) is 18.6 Å². The van der Waals surface area contributed by atoms with Crippen LogP contribution < -0.4 is 21.1 Å². The Morgan fingerprint density at radius 2 is 1.94 bits per heavy atom. The van der Waals surface area contributed by atoms with Gasteiger partial charge in [-0.25, -0.2) is 4.98 Å². The largest absolute Gasteiger partial charge is 0.457 e. The summed E-state index contributed by atoms with van der Waals surface area (Å²) in [6.45, 7) is 6.79. The summed E-state index contributed by atoms with van der Waals surface area (Å²) < 4.78 is 6.17. The van der Waals surface area contributed by atoms with Crippen LogP contribution in [0.5, 0.6) is 11.5 Å². The maximum atomic E-state index is 12.7. The highest BCUT2D eigenvalue weighted by Gasteiger charge is 2.18. The fourth-order valence-corrected chi connectivity index (χ4v) is 3.59. The normalized spacial score (nSPS) is 11.5. The van der Waals surface area contributed by atoms with Crippen molar-refractivity contribution in [3.8, 4) is 11.5 Å². The fourth-order valence-electron chi connectivity index (χ4n) is 3.59. The Kier molecular flexibility index (Phi) is 8.55. The second-order valence-corrected chi connectivity index (χ2v) is 7.85. The van der Waals surface area contributed by atoms with Gasteiger partial charge in [0.2, 0.25) is 5.91 Å².